The molecular weight excluding hydrogens is 226 g/mol. The summed E-state index contributed by atoms with van der Waals surface area (Å²) in [6, 6.07) is 15.4. The highest BCUT2D eigenvalue weighted by molar-refractivity contribution is 5.77. The normalized spacial score (nSPS) is 9.78. The summed E-state index contributed by atoms with van der Waals surface area (Å²) in [7, 11) is 0. The van der Waals surface area contributed by atoms with E-state index in [4.69, 9.17) is 0 Å². The van der Waals surface area contributed by atoms with Crippen LogP contribution in [0.1, 0.15) is 12.0 Å². The molecule has 2 aromatic rings. The molecule has 0 aliphatic rings. The van der Waals surface area contributed by atoms with Gasteiger partial charge in [0.25, 0.3) is 0 Å². The monoisotopic (exact) mass is 241 g/mol. The third-order valence-electron chi connectivity index (χ3n) is 2.48. The Balaban J connectivity index is 1.73. The van der Waals surface area contributed by atoms with Crippen LogP contribution in [0, 0.1) is 0 Å². The van der Waals surface area contributed by atoms with Crippen molar-refractivity contribution in [2.45, 2.75) is 12.8 Å². The van der Waals surface area contributed by atoms with E-state index in [-0.39, 0.29) is 5.91 Å². The number of anilines is 1. The lowest BCUT2D eigenvalue weighted by molar-refractivity contribution is -0.120. The number of nitrogens with one attached hydrogen (secondary N) is 2. The molecule has 2 rings (SSSR count). The number of aryl methyl sites for hydroxylation is 1. The Morgan fingerprint density at radius 2 is 1.83 bits per heavy atom. The maximum atomic E-state index is 11.6. The Bertz CT molecular complexity index is 439. The molecule has 1 amide bonds. The molecule has 1 aromatic carbocycles. The van der Waals surface area contributed by atoms with E-state index in [0.717, 1.165) is 12.0 Å². The number of nitrogens with zero attached hydrogens (tertiary/aromatic N) is 1. The molecular formula is C14H15N3O. The number of benzene rings is 1. The van der Waals surface area contributed by atoms with E-state index in [9.17, 15) is 4.79 Å². The number of carbonyl (C=O) groups is 1. The molecule has 92 valence electrons. The summed E-state index contributed by atoms with van der Waals surface area (Å²) in [5.74, 6) is 0.579. The first-order chi connectivity index (χ1) is 8.84. The number of amides is 1. The summed E-state index contributed by atoms with van der Waals surface area (Å²) >= 11 is 0. The van der Waals surface area contributed by atoms with Gasteiger partial charge in [0, 0.05) is 12.6 Å². The largest absolute Gasteiger partial charge is 0.282 e. The zero-order valence-electron chi connectivity index (χ0n) is 9.97. The molecule has 0 radical (unpaired) electrons. The van der Waals surface area contributed by atoms with Crippen LogP contribution in [0.2, 0.25) is 0 Å². The van der Waals surface area contributed by atoms with Crippen molar-refractivity contribution in [3.8, 4) is 0 Å². The van der Waals surface area contributed by atoms with Gasteiger partial charge in [-0.2, -0.15) is 0 Å². The maximum Gasteiger partial charge on any atom is 0.238 e. The Hall–Kier alpha value is -2.36. The molecule has 18 heavy (non-hydrogen) atoms. The molecule has 1 heterocycles. The molecule has 0 bridgehead atoms. The first-order valence-corrected chi connectivity index (χ1v) is 5.84. The first-order valence-electron chi connectivity index (χ1n) is 5.84. The Labute approximate surface area is 106 Å². The highest BCUT2D eigenvalue weighted by atomic mass is 16.2. The van der Waals surface area contributed by atoms with E-state index in [1.165, 1.54) is 0 Å². The lowest BCUT2D eigenvalue weighted by Crippen LogP contribution is -2.29. The Kier molecular flexibility index (Phi) is 4.30. The van der Waals surface area contributed by atoms with Gasteiger partial charge in [0.2, 0.25) is 5.91 Å². The summed E-state index contributed by atoms with van der Waals surface area (Å²) in [4.78, 5) is 15.6. The van der Waals surface area contributed by atoms with Crippen LogP contribution >= 0.6 is 0 Å². The SMILES string of the molecule is O=C(CCc1ccccc1)NNc1ccccn1. The highest BCUT2D eigenvalue weighted by Crippen LogP contribution is 2.02. The lowest BCUT2D eigenvalue weighted by atomic mass is 10.1. The van der Waals surface area contributed by atoms with Gasteiger partial charge in [-0.1, -0.05) is 36.4 Å². The Morgan fingerprint density at radius 3 is 2.56 bits per heavy atom. The van der Waals surface area contributed by atoms with Crippen molar-refractivity contribution in [3.63, 3.8) is 0 Å². The maximum absolute atomic E-state index is 11.6. The topological polar surface area (TPSA) is 54.0 Å². The number of aromatic nitrogens is 1. The minimum absolute atomic E-state index is 0.0514. The van der Waals surface area contributed by atoms with Crippen molar-refractivity contribution < 1.29 is 4.79 Å². The molecule has 0 saturated carbocycles. The van der Waals surface area contributed by atoms with Gasteiger partial charge < -0.3 is 0 Å². The van der Waals surface area contributed by atoms with Crippen LogP contribution in [0.15, 0.2) is 54.7 Å². The smallest absolute Gasteiger partial charge is 0.238 e. The second-order valence-electron chi connectivity index (χ2n) is 3.87. The molecule has 0 fully saturated rings. The predicted molar refractivity (Wildman–Crippen MR) is 70.8 cm³/mol. The molecule has 0 atom stereocenters. The van der Waals surface area contributed by atoms with Crippen molar-refractivity contribution in [1.82, 2.24) is 10.4 Å². The van der Waals surface area contributed by atoms with E-state index in [0.29, 0.717) is 12.2 Å². The van der Waals surface area contributed by atoms with Crippen molar-refractivity contribution in [2.75, 3.05) is 5.43 Å². The van der Waals surface area contributed by atoms with Gasteiger partial charge in [0.05, 0.1) is 0 Å². The zero-order valence-corrected chi connectivity index (χ0v) is 9.97. The molecule has 0 saturated heterocycles. The van der Waals surface area contributed by atoms with Crippen LogP contribution in [-0.2, 0) is 11.2 Å². The molecule has 0 aliphatic carbocycles. The van der Waals surface area contributed by atoms with Crippen molar-refractivity contribution in [3.05, 3.63) is 60.3 Å². The van der Waals surface area contributed by atoms with Gasteiger partial charge in [-0.25, -0.2) is 4.98 Å². The molecule has 2 N–H and O–H groups in total. The summed E-state index contributed by atoms with van der Waals surface area (Å²) in [5.41, 5.74) is 6.55. The number of carbonyl (C=O) groups excluding carboxylic acids is 1. The third kappa shape index (κ3) is 3.90. The molecule has 4 heteroatoms. The predicted octanol–water partition coefficient (Wildman–Crippen LogP) is 2.16. The lowest BCUT2D eigenvalue weighted by Gasteiger charge is -2.07. The fourth-order valence-electron chi connectivity index (χ4n) is 1.54. The van der Waals surface area contributed by atoms with Crippen LogP contribution in [-0.4, -0.2) is 10.9 Å². The van der Waals surface area contributed by atoms with E-state index < -0.39 is 0 Å². The average molecular weight is 241 g/mol. The first kappa shape index (κ1) is 12.1. The number of pyridine rings is 1. The number of hydrazine groups is 1. The standard InChI is InChI=1S/C14H15N3O/c18-14(10-9-12-6-2-1-3-7-12)17-16-13-8-4-5-11-15-13/h1-8,11H,9-10H2,(H,15,16)(H,17,18). The van der Waals surface area contributed by atoms with E-state index in [1.54, 1.807) is 12.3 Å². The minimum Gasteiger partial charge on any atom is -0.282 e. The number of hydrogen-bond donors (Lipinski definition) is 2. The summed E-state index contributed by atoms with van der Waals surface area (Å²) in [6.07, 6.45) is 2.85. The third-order valence-corrected chi connectivity index (χ3v) is 2.48. The van der Waals surface area contributed by atoms with Gasteiger partial charge >= 0.3 is 0 Å². The molecule has 0 unspecified atom stereocenters. The van der Waals surface area contributed by atoms with Gasteiger partial charge in [-0.15, -0.1) is 0 Å². The van der Waals surface area contributed by atoms with Crippen LogP contribution < -0.4 is 10.9 Å². The second-order valence-corrected chi connectivity index (χ2v) is 3.87. The molecule has 0 aliphatic heterocycles. The van der Waals surface area contributed by atoms with Crippen molar-refractivity contribution in [2.24, 2.45) is 0 Å². The number of rotatable bonds is 5. The second kappa shape index (κ2) is 6.39. The quantitative estimate of drug-likeness (QED) is 0.789. The van der Waals surface area contributed by atoms with Gasteiger partial charge in [-0.05, 0) is 24.1 Å². The van der Waals surface area contributed by atoms with Crippen LogP contribution in [0.25, 0.3) is 0 Å². The number of hydrogen-bond acceptors (Lipinski definition) is 3. The summed E-state index contributed by atoms with van der Waals surface area (Å²) in [5, 5.41) is 0. The van der Waals surface area contributed by atoms with Crippen molar-refractivity contribution in [1.29, 1.82) is 0 Å². The van der Waals surface area contributed by atoms with Crippen LogP contribution in [0.4, 0.5) is 5.82 Å². The van der Waals surface area contributed by atoms with E-state index in [2.05, 4.69) is 15.8 Å². The zero-order chi connectivity index (χ0) is 12.6. The van der Waals surface area contributed by atoms with E-state index >= 15 is 0 Å². The average Bonchev–Trinajstić information content (AvgIpc) is 2.45. The molecule has 0 spiro atoms. The van der Waals surface area contributed by atoms with Gasteiger partial charge in [0.1, 0.15) is 5.82 Å². The van der Waals surface area contributed by atoms with Gasteiger partial charge in [0.15, 0.2) is 0 Å². The van der Waals surface area contributed by atoms with Crippen LogP contribution in [0.5, 0.6) is 0 Å². The summed E-state index contributed by atoms with van der Waals surface area (Å²) in [6.45, 7) is 0. The Morgan fingerprint density at radius 1 is 1.06 bits per heavy atom. The highest BCUT2D eigenvalue weighted by Gasteiger charge is 2.01. The molecule has 1 aromatic heterocycles. The van der Waals surface area contributed by atoms with Gasteiger partial charge in [-0.3, -0.25) is 15.6 Å². The summed E-state index contributed by atoms with van der Waals surface area (Å²) < 4.78 is 0. The fourth-order valence-corrected chi connectivity index (χ4v) is 1.54. The van der Waals surface area contributed by atoms with Crippen LogP contribution in [0.3, 0.4) is 0 Å². The van der Waals surface area contributed by atoms with E-state index in [1.807, 2.05) is 42.5 Å². The minimum atomic E-state index is -0.0514. The fraction of sp³-hybridized carbons (Fsp3) is 0.143. The molecule has 4 nitrogen and oxygen atoms in total. The van der Waals surface area contributed by atoms with Crippen molar-refractivity contribution >= 4 is 11.7 Å².